The molecule has 0 atom stereocenters. The highest BCUT2D eigenvalue weighted by Crippen LogP contribution is 2.25. The molecule has 0 bridgehead atoms. The topological polar surface area (TPSA) is 89.6 Å². The number of nitrogens with zero attached hydrogens (tertiary/aromatic N) is 3. The fraction of sp³-hybridized carbons (Fsp3) is 0.125. The molecule has 0 unspecified atom stereocenters. The van der Waals surface area contributed by atoms with E-state index in [1.54, 1.807) is 19.2 Å². The normalized spacial score (nSPS) is 10.6. The molecule has 8 heteroatoms. The van der Waals surface area contributed by atoms with Gasteiger partial charge >= 0.3 is 5.69 Å². The number of rotatable bonds is 2. The van der Waals surface area contributed by atoms with Gasteiger partial charge in [0.25, 0.3) is 0 Å². The summed E-state index contributed by atoms with van der Waals surface area (Å²) in [6.07, 6.45) is 0. The molecule has 2 aromatic rings. The first-order chi connectivity index (χ1) is 7.56. The zero-order valence-corrected chi connectivity index (χ0v) is 9.84. The van der Waals surface area contributed by atoms with Gasteiger partial charge in [0, 0.05) is 12.7 Å². The average Bonchev–Trinajstić information content (AvgIpc) is 2.48. The molecular formula is C8H8ClN5OS. The van der Waals surface area contributed by atoms with Crippen LogP contribution >= 0.6 is 23.4 Å². The second-order valence-corrected chi connectivity index (χ2v) is 4.41. The summed E-state index contributed by atoms with van der Waals surface area (Å²) < 4.78 is 1.38. The number of halogens is 1. The van der Waals surface area contributed by atoms with Crippen molar-refractivity contribution in [2.45, 2.75) is 10.2 Å². The molecule has 0 spiro atoms. The van der Waals surface area contributed by atoms with Gasteiger partial charge in [0.1, 0.15) is 10.2 Å². The molecule has 0 aliphatic heterocycles. The van der Waals surface area contributed by atoms with Crippen molar-refractivity contribution in [1.29, 1.82) is 0 Å². The van der Waals surface area contributed by atoms with Crippen molar-refractivity contribution in [2.75, 3.05) is 5.73 Å². The second kappa shape index (κ2) is 4.18. The van der Waals surface area contributed by atoms with Crippen molar-refractivity contribution in [1.82, 2.24) is 19.7 Å². The Kier molecular flexibility index (Phi) is 2.88. The predicted molar refractivity (Wildman–Crippen MR) is 61.6 cm³/mol. The predicted octanol–water partition coefficient (Wildman–Crippen LogP) is 0.890. The Morgan fingerprint density at radius 1 is 1.56 bits per heavy atom. The van der Waals surface area contributed by atoms with E-state index in [0.717, 1.165) is 0 Å². The Morgan fingerprint density at radius 2 is 2.31 bits per heavy atom. The van der Waals surface area contributed by atoms with Crippen LogP contribution < -0.4 is 11.4 Å². The first kappa shape index (κ1) is 11.0. The van der Waals surface area contributed by atoms with Crippen LogP contribution in [0.5, 0.6) is 0 Å². The Morgan fingerprint density at radius 3 is 2.88 bits per heavy atom. The summed E-state index contributed by atoms with van der Waals surface area (Å²) in [6, 6.07) is 3.21. The molecule has 2 heterocycles. The number of hydrogen-bond acceptors (Lipinski definition) is 5. The molecule has 6 nitrogen and oxygen atoms in total. The largest absolute Gasteiger partial charge is 0.399 e. The highest BCUT2D eigenvalue weighted by molar-refractivity contribution is 7.99. The van der Waals surface area contributed by atoms with E-state index < -0.39 is 0 Å². The molecular weight excluding hydrogens is 250 g/mol. The summed E-state index contributed by atoms with van der Waals surface area (Å²) >= 11 is 6.97. The Bertz CT molecular complexity index is 558. The van der Waals surface area contributed by atoms with Crippen molar-refractivity contribution in [3.05, 3.63) is 27.8 Å². The van der Waals surface area contributed by atoms with E-state index in [4.69, 9.17) is 17.3 Å². The van der Waals surface area contributed by atoms with E-state index in [9.17, 15) is 4.79 Å². The maximum absolute atomic E-state index is 11.1. The van der Waals surface area contributed by atoms with Crippen LogP contribution in [0.25, 0.3) is 0 Å². The van der Waals surface area contributed by atoms with Crippen LogP contribution in [0, 0.1) is 0 Å². The zero-order valence-electron chi connectivity index (χ0n) is 8.27. The number of nitrogens with two attached hydrogens (primary N) is 1. The van der Waals surface area contributed by atoms with Gasteiger partial charge in [0.05, 0.1) is 0 Å². The zero-order chi connectivity index (χ0) is 11.7. The highest BCUT2D eigenvalue weighted by atomic mass is 35.5. The van der Waals surface area contributed by atoms with E-state index in [-0.39, 0.29) is 5.69 Å². The number of anilines is 1. The van der Waals surface area contributed by atoms with Crippen molar-refractivity contribution >= 4 is 29.1 Å². The van der Waals surface area contributed by atoms with Crippen molar-refractivity contribution < 1.29 is 0 Å². The molecule has 2 rings (SSSR count). The molecule has 0 fully saturated rings. The fourth-order valence-electron chi connectivity index (χ4n) is 1.06. The Balaban J connectivity index is 2.34. The van der Waals surface area contributed by atoms with Crippen molar-refractivity contribution in [3.63, 3.8) is 0 Å². The third-order valence-corrected chi connectivity index (χ3v) is 2.99. The number of aromatic nitrogens is 4. The molecule has 0 amide bonds. The number of nitrogen functional groups attached to an aromatic ring is 1. The van der Waals surface area contributed by atoms with Gasteiger partial charge < -0.3 is 5.73 Å². The number of aromatic amines is 1. The van der Waals surface area contributed by atoms with Crippen LogP contribution in [0.15, 0.2) is 27.1 Å². The third kappa shape index (κ3) is 2.20. The molecule has 0 aliphatic rings. The van der Waals surface area contributed by atoms with Gasteiger partial charge in [-0.2, -0.15) is 0 Å². The molecule has 0 aromatic carbocycles. The van der Waals surface area contributed by atoms with Crippen molar-refractivity contribution in [2.24, 2.45) is 7.05 Å². The lowest BCUT2D eigenvalue weighted by molar-refractivity contribution is 0.765. The number of nitrogens with one attached hydrogen (secondary N) is 1. The van der Waals surface area contributed by atoms with Crippen molar-refractivity contribution in [3.8, 4) is 0 Å². The maximum atomic E-state index is 11.1. The minimum Gasteiger partial charge on any atom is -0.399 e. The van der Waals surface area contributed by atoms with Crippen LogP contribution in [0.1, 0.15) is 0 Å². The summed E-state index contributed by atoms with van der Waals surface area (Å²) in [5.74, 6) is 0. The first-order valence-electron chi connectivity index (χ1n) is 4.28. The molecule has 0 saturated heterocycles. The van der Waals surface area contributed by atoms with Gasteiger partial charge in [-0.05, 0) is 23.9 Å². The average molecular weight is 258 g/mol. The lowest BCUT2D eigenvalue weighted by Crippen LogP contribution is -2.12. The van der Waals surface area contributed by atoms with Crippen LogP contribution in [-0.4, -0.2) is 19.7 Å². The third-order valence-electron chi connectivity index (χ3n) is 1.83. The van der Waals surface area contributed by atoms with Crippen LogP contribution in [0.3, 0.4) is 0 Å². The lowest BCUT2D eigenvalue weighted by atomic mass is 10.4. The fourth-order valence-corrected chi connectivity index (χ4v) is 2.17. The van der Waals surface area contributed by atoms with Crippen LogP contribution in [0.2, 0.25) is 5.15 Å². The second-order valence-electron chi connectivity index (χ2n) is 3.03. The Hall–Kier alpha value is -1.47. The number of pyridine rings is 1. The van der Waals surface area contributed by atoms with E-state index in [1.165, 1.54) is 16.3 Å². The van der Waals surface area contributed by atoms with Gasteiger partial charge in [-0.15, -0.1) is 5.10 Å². The molecule has 0 radical (unpaired) electrons. The van der Waals surface area contributed by atoms with Gasteiger partial charge in [-0.25, -0.2) is 14.9 Å². The molecule has 0 saturated carbocycles. The standard InChI is InChI=1S/C8H8ClN5OS/c1-14-7(15)12-13-8(14)16-6-3-4(10)2-5(9)11-6/h2-3H,1H3,(H2,10,11)(H,12,15). The SMILES string of the molecule is Cn1c(Sc2cc(N)cc(Cl)n2)n[nH]c1=O. The van der Waals surface area contributed by atoms with E-state index in [0.29, 0.717) is 21.0 Å². The Labute approximate surface area is 99.8 Å². The molecule has 3 N–H and O–H groups in total. The molecule has 2 aromatic heterocycles. The minimum absolute atomic E-state index is 0.280. The van der Waals surface area contributed by atoms with Gasteiger partial charge in [-0.1, -0.05) is 11.6 Å². The molecule has 84 valence electrons. The van der Waals surface area contributed by atoms with Gasteiger partial charge in [0.2, 0.25) is 0 Å². The van der Waals surface area contributed by atoms with Gasteiger partial charge in [-0.3, -0.25) is 4.57 Å². The summed E-state index contributed by atoms with van der Waals surface area (Å²) in [5.41, 5.74) is 5.86. The van der Waals surface area contributed by atoms with E-state index in [2.05, 4.69) is 15.2 Å². The van der Waals surface area contributed by atoms with Crippen LogP contribution in [-0.2, 0) is 7.05 Å². The van der Waals surface area contributed by atoms with E-state index in [1.807, 2.05) is 0 Å². The summed E-state index contributed by atoms with van der Waals surface area (Å²) in [4.78, 5) is 15.2. The van der Waals surface area contributed by atoms with Crippen LogP contribution in [0.4, 0.5) is 5.69 Å². The smallest absolute Gasteiger partial charge is 0.343 e. The van der Waals surface area contributed by atoms with Gasteiger partial charge in [0.15, 0.2) is 5.16 Å². The van der Waals surface area contributed by atoms with E-state index >= 15 is 0 Å². The summed E-state index contributed by atoms with van der Waals surface area (Å²) in [5, 5.41) is 7.56. The summed E-state index contributed by atoms with van der Waals surface area (Å²) in [6.45, 7) is 0. The minimum atomic E-state index is -0.280. The number of H-pyrrole nitrogens is 1. The highest BCUT2D eigenvalue weighted by Gasteiger charge is 2.08. The quantitative estimate of drug-likeness (QED) is 0.780. The monoisotopic (exact) mass is 257 g/mol. The maximum Gasteiger partial charge on any atom is 0.343 e. The molecule has 16 heavy (non-hydrogen) atoms. The summed E-state index contributed by atoms with van der Waals surface area (Å²) in [7, 11) is 1.61. The first-order valence-corrected chi connectivity index (χ1v) is 5.48. The number of hydrogen-bond donors (Lipinski definition) is 2. The lowest BCUT2D eigenvalue weighted by Gasteiger charge is -2.01. The molecule has 0 aliphatic carbocycles.